The minimum Gasteiger partial charge on any atom is -0.481 e. The molecule has 0 bridgehead atoms. The molecule has 0 radical (unpaired) electrons. The molecular weight excluding hydrogens is 659 g/mol. The van der Waals surface area contributed by atoms with E-state index in [1.165, 1.54) is 6.07 Å². The quantitative estimate of drug-likeness (QED) is 0.142. The number of aryl methyl sites for hydroxylation is 1. The molecule has 1 heterocycles. The van der Waals surface area contributed by atoms with Gasteiger partial charge < -0.3 is 29.8 Å². The van der Waals surface area contributed by atoms with E-state index in [4.69, 9.17) is 49.4 Å². The Morgan fingerprint density at radius 2 is 1.52 bits per heavy atom. The lowest BCUT2D eigenvalue weighted by molar-refractivity contribution is -0.139. The topological polar surface area (TPSA) is 149 Å². The fraction of sp³-hybridized carbons (Fsp3) is 0.0938. The number of hydrogen-bond donors (Lipinski definition) is 3. The number of nitrogens with one attached hydrogen (secondary N) is 2. The molecule has 2 amide bonds. The number of anilines is 2. The van der Waals surface area contributed by atoms with Crippen LogP contribution in [0.15, 0.2) is 72.8 Å². The van der Waals surface area contributed by atoms with Crippen LogP contribution in [-0.2, 0) is 16.6 Å². The van der Waals surface area contributed by atoms with Gasteiger partial charge in [0.25, 0.3) is 11.8 Å². The molecule has 0 unspecified atom stereocenters. The third-order valence-corrected chi connectivity index (χ3v) is 7.77. The van der Waals surface area contributed by atoms with Gasteiger partial charge in [0.15, 0.2) is 6.61 Å². The Morgan fingerprint density at radius 1 is 0.848 bits per heavy atom. The lowest BCUT2D eigenvalue weighted by Crippen LogP contribution is -2.20. The number of carboxylic acids is 1. The number of carbonyl (C=O) groups excluding carboxylic acids is 3. The summed E-state index contributed by atoms with van der Waals surface area (Å²) in [6.45, 7) is -0.800. The number of rotatable bonds is 9. The fourth-order valence-corrected chi connectivity index (χ4v) is 4.98. The van der Waals surface area contributed by atoms with Crippen LogP contribution in [0.4, 0.5) is 11.4 Å². The number of imidazole rings is 1. The van der Waals surface area contributed by atoms with E-state index >= 15 is 0 Å². The van der Waals surface area contributed by atoms with Gasteiger partial charge in [0.05, 0.1) is 45.0 Å². The third-order valence-electron chi connectivity index (χ3n) is 6.80. The van der Waals surface area contributed by atoms with E-state index in [1.54, 1.807) is 60.7 Å². The van der Waals surface area contributed by atoms with Gasteiger partial charge in [-0.2, -0.15) is 0 Å². The number of esters is 1. The van der Waals surface area contributed by atoms with Gasteiger partial charge in [-0.15, -0.1) is 0 Å². The van der Waals surface area contributed by atoms with Gasteiger partial charge >= 0.3 is 11.9 Å². The van der Waals surface area contributed by atoms with Crippen molar-refractivity contribution in [3.05, 3.63) is 105 Å². The molecule has 0 fully saturated rings. The number of hydrogen-bond acceptors (Lipinski definition) is 7. The molecule has 5 rings (SSSR count). The van der Waals surface area contributed by atoms with Crippen molar-refractivity contribution in [1.82, 2.24) is 9.55 Å². The lowest BCUT2D eigenvalue weighted by Gasteiger charge is -2.16. The number of nitrogens with zero attached hydrogens (tertiary/aromatic N) is 2. The fourth-order valence-electron chi connectivity index (χ4n) is 4.54. The summed E-state index contributed by atoms with van der Waals surface area (Å²) in [7, 11) is 2.96. The molecule has 0 saturated heterocycles. The summed E-state index contributed by atoms with van der Waals surface area (Å²) in [4.78, 5) is 55.3. The van der Waals surface area contributed by atoms with Crippen molar-refractivity contribution in [3.63, 3.8) is 0 Å². The molecule has 0 atom stereocenters. The summed E-state index contributed by atoms with van der Waals surface area (Å²) in [5.74, 6) is -3.09. The van der Waals surface area contributed by atoms with Crippen LogP contribution in [0.3, 0.4) is 0 Å². The van der Waals surface area contributed by atoms with Gasteiger partial charge in [-0.25, -0.2) is 14.6 Å². The van der Waals surface area contributed by atoms with Crippen LogP contribution in [0.25, 0.3) is 22.4 Å². The van der Waals surface area contributed by atoms with E-state index in [9.17, 15) is 19.2 Å². The van der Waals surface area contributed by atoms with Crippen molar-refractivity contribution in [2.24, 2.45) is 7.05 Å². The molecule has 11 nitrogen and oxygen atoms in total. The van der Waals surface area contributed by atoms with Gasteiger partial charge in [0.1, 0.15) is 11.6 Å². The molecule has 0 aliphatic rings. The van der Waals surface area contributed by atoms with Crippen LogP contribution in [-0.4, -0.2) is 52.1 Å². The van der Waals surface area contributed by atoms with Crippen molar-refractivity contribution >= 4 is 81.0 Å². The molecule has 1 aromatic heterocycles. The third kappa shape index (κ3) is 6.91. The first-order valence-corrected chi connectivity index (χ1v) is 14.5. The molecule has 0 saturated carbocycles. The second kappa shape index (κ2) is 13.5. The molecule has 5 aromatic rings. The van der Waals surface area contributed by atoms with E-state index in [0.29, 0.717) is 37.7 Å². The minimum absolute atomic E-state index is 0.0750. The smallest absolute Gasteiger partial charge is 0.341 e. The molecule has 3 N–H and O–H groups in total. The van der Waals surface area contributed by atoms with Crippen LogP contribution in [0, 0.1) is 0 Å². The summed E-state index contributed by atoms with van der Waals surface area (Å²) in [5.41, 5.74) is 2.33. The van der Waals surface area contributed by atoms with Crippen molar-refractivity contribution in [1.29, 1.82) is 0 Å². The highest BCUT2D eigenvalue weighted by Crippen LogP contribution is 2.32. The maximum absolute atomic E-state index is 13.4. The average molecular weight is 682 g/mol. The molecule has 14 heteroatoms. The van der Waals surface area contributed by atoms with Crippen molar-refractivity contribution in [2.45, 2.75) is 0 Å². The summed E-state index contributed by atoms with van der Waals surface area (Å²) < 4.78 is 12.0. The first-order chi connectivity index (χ1) is 21.9. The van der Waals surface area contributed by atoms with Crippen molar-refractivity contribution in [3.8, 4) is 17.1 Å². The predicted octanol–water partition coefficient (Wildman–Crippen LogP) is 6.96. The molecular formula is C32H23Cl3N4O7. The highest BCUT2D eigenvalue weighted by molar-refractivity contribution is 6.42. The SMILES string of the molecule is COC(=O)c1cc(OCC(=O)O)c(C(=O)Nc2ccc(Cl)cc2)cc1NC(=O)c1ccc(-c2nc3cc(Cl)c(Cl)cc3n2C)cc1. The molecule has 46 heavy (non-hydrogen) atoms. The summed E-state index contributed by atoms with van der Waals surface area (Å²) >= 11 is 18.3. The van der Waals surface area contributed by atoms with Gasteiger partial charge in [-0.05, 0) is 60.7 Å². The van der Waals surface area contributed by atoms with Crippen LogP contribution >= 0.6 is 34.8 Å². The molecule has 0 aliphatic heterocycles. The highest BCUT2D eigenvalue weighted by atomic mass is 35.5. The Bertz CT molecular complexity index is 2010. The van der Waals surface area contributed by atoms with Crippen molar-refractivity contribution < 1.29 is 33.8 Å². The maximum atomic E-state index is 13.4. The summed E-state index contributed by atoms with van der Waals surface area (Å²) in [6.07, 6.45) is 0. The molecule has 234 valence electrons. The standard InChI is InChI=1S/C32H23Cl3N4O7/c1-39-26-14-23(35)22(34)13-25(26)37-29(39)16-3-5-17(6-4-16)30(42)38-24-11-21(31(43)36-19-9-7-18(33)8-10-19)27(46-15-28(40)41)12-20(24)32(44)45-2/h3-14H,15H2,1-2H3,(H,36,43)(H,38,42)(H,40,41). The zero-order chi connectivity index (χ0) is 33.1. The molecule has 4 aromatic carbocycles. The Labute approximate surface area is 276 Å². The van der Waals surface area contributed by atoms with Crippen molar-refractivity contribution in [2.75, 3.05) is 24.4 Å². The average Bonchev–Trinajstić information content (AvgIpc) is 3.35. The van der Waals surface area contributed by atoms with Gasteiger partial charge in [0.2, 0.25) is 0 Å². The number of fused-ring (bicyclic) bond motifs is 1. The van der Waals surface area contributed by atoms with E-state index in [-0.39, 0.29) is 28.1 Å². The second-order valence-electron chi connectivity index (χ2n) is 9.81. The number of aliphatic carboxylic acids is 1. The van der Waals surface area contributed by atoms with Crippen LogP contribution in [0.1, 0.15) is 31.1 Å². The number of carbonyl (C=O) groups is 4. The van der Waals surface area contributed by atoms with E-state index in [0.717, 1.165) is 18.7 Å². The monoisotopic (exact) mass is 680 g/mol. The lowest BCUT2D eigenvalue weighted by atomic mass is 10.1. The zero-order valence-corrected chi connectivity index (χ0v) is 26.3. The zero-order valence-electron chi connectivity index (χ0n) is 24.1. The van der Waals surface area contributed by atoms with Gasteiger partial charge in [0, 0.05) is 28.9 Å². The van der Waals surface area contributed by atoms with Gasteiger partial charge in [-0.3, -0.25) is 9.59 Å². The number of aromatic nitrogens is 2. The van der Waals surface area contributed by atoms with E-state index in [1.807, 2.05) is 11.6 Å². The van der Waals surface area contributed by atoms with Crippen LogP contribution < -0.4 is 15.4 Å². The largest absolute Gasteiger partial charge is 0.481 e. The highest BCUT2D eigenvalue weighted by Gasteiger charge is 2.24. The van der Waals surface area contributed by atoms with Crippen LogP contribution in [0.2, 0.25) is 15.1 Å². The maximum Gasteiger partial charge on any atom is 0.341 e. The number of amides is 2. The normalized spacial score (nSPS) is 10.8. The van der Waals surface area contributed by atoms with Gasteiger partial charge in [-0.1, -0.05) is 46.9 Å². The summed E-state index contributed by atoms with van der Waals surface area (Å²) in [5, 5.41) is 15.7. The Hall–Kier alpha value is -5.10. The predicted molar refractivity (Wildman–Crippen MR) is 174 cm³/mol. The number of carboxylic acid groups (broad SMARTS) is 1. The number of benzene rings is 4. The Morgan fingerprint density at radius 3 is 2.17 bits per heavy atom. The van der Waals surface area contributed by atoms with Crippen LogP contribution in [0.5, 0.6) is 5.75 Å². The first kappa shape index (κ1) is 32.3. The minimum atomic E-state index is -1.31. The Kier molecular flexibility index (Phi) is 9.47. The van der Waals surface area contributed by atoms with E-state index < -0.39 is 30.4 Å². The Balaban J connectivity index is 1.47. The molecule has 0 spiro atoms. The number of ether oxygens (including phenoxy) is 2. The van der Waals surface area contributed by atoms with E-state index in [2.05, 4.69) is 15.6 Å². The second-order valence-corrected chi connectivity index (χ2v) is 11.1. The summed E-state index contributed by atoms with van der Waals surface area (Å²) in [6, 6.07) is 18.5. The number of methoxy groups -OCH3 is 1. The number of halogens is 3. The molecule has 0 aliphatic carbocycles. The first-order valence-electron chi connectivity index (χ1n) is 13.4.